The molecule has 1 atom stereocenters. The molecule has 1 unspecified atom stereocenters. The van der Waals surface area contributed by atoms with Crippen molar-refractivity contribution < 1.29 is 18.0 Å². The van der Waals surface area contributed by atoms with E-state index in [1.807, 2.05) is 51.1 Å². The molecule has 0 saturated heterocycles. The number of aryl methyl sites for hydroxylation is 2. The fraction of sp³-hybridized carbons (Fsp3) is 0.286. The predicted molar refractivity (Wildman–Crippen MR) is 147 cm³/mol. The van der Waals surface area contributed by atoms with Crippen LogP contribution in [0.5, 0.6) is 0 Å². The zero-order valence-electron chi connectivity index (χ0n) is 21.4. The van der Waals surface area contributed by atoms with E-state index in [0.717, 1.165) is 21.0 Å². The minimum absolute atomic E-state index is 0.0514. The van der Waals surface area contributed by atoms with Crippen molar-refractivity contribution >= 4 is 39.1 Å². The molecule has 0 aliphatic carbocycles. The first-order chi connectivity index (χ1) is 17.6. The standard InChI is InChI=1S/C28H32ClN3O4S/c1-5-26(28(34)30-4)31(18-22-9-7-6-8-10-22)27(33)19-32(23-14-13-21(3)25(29)17-23)37(35,36)24-15-11-20(2)12-16-24/h6-17,26H,5,18-19H2,1-4H3,(H,30,34). The molecular formula is C28H32ClN3O4S. The molecule has 3 aromatic carbocycles. The molecule has 37 heavy (non-hydrogen) atoms. The van der Waals surface area contributed by atoms with Gasteiger partial charge in [0.05, 0.1) is 10.6 Å². The van der Waals surface area contributed by atoms with E-state index < -0.39 is 28.5 Å². The second kappa shape index (κ2) is 12.3. The number of nitrogens with one attached hydrogen (secondary N) is 1. The number of benzene rings is 3. The van der Waals surface area contributed by atoms with Gasteiger partial charge >= 0.3 is 0 Å². The Balaban J connectivity index is 2.07. The Kier molecular flexibility index (Phi) is 9.34. The maximum absolute atomic E-state index is 13.8. The Morgan fingerprint density at radius 1 is 0.973 bits per heavy atom. The minimum Gasteiger partial charge on any atom is -0.357 e. The van der Waals surface area contributed by atoms with Gasteiger partial charge in [-0.05, 0) is 55.7 Å². The zero-order chi connectivity index (χ0) is 27.2. The maximum Gasteiger partial charge on any atom is 0.264 e. The molecule has 9 heteroatoms. The van der Waals surface area contributed by atoms with Gasteiger partial charge < -0.3 is 10.2 Å². The highest BCUT2D eigenvalue weighted by Gasteiger charge is 2.33. The van der Waals surface area contributed by atoms with Gasteiger partial charge in [0, 0.05) is 18.6 Å². The molecule has 0 aliphatic heterocycles. The molecule has 196 valence electrons. The lowest BCUT2D eigenvalue weighted by atomic mass is 10.1. The summed E-state index contributed by atoms with van der Waals surface area (Å²) in [6.07, 6.45) is 0.360. The van der Waals surface area contributed by atoms with Crippen LogP contribution in [-0.4, -0.2) is 44.8 Å². The summed E-state index contributed by atoms with van der Waals surface area (Å²) in [5, 5.41) is 3.00. The normalized spacial score (nSPS) is 12.0. The molecule has 0 radical (unpaired) electrons. The Bertz CT molecular complexity index is 1350. The number of anilines is 1. The van der Waals surface area contributed by atoms with Crippen LogP contribution in [0.15, 0.2) is 77.7 Å². The summed E-state index contributed by atoms with van der Waals surface area (Å²) < 4.78 is 28.7. The minimum atomic E-state index is -4.13. The first-order valence-electron chi connectivity index (χ1n) is 12.0. The summed E-state index contributed by atoms with van der Waals surface area (Å²) >= 11 is 6.34. The molecular weight excluding hydrogens is 510 g/mol. The number of halogens is 1. The smallest absolute Gasteiger partial charge is 0.264 e. The lowest BCUT2D eigenvalue weighted by Crippen LogP contribution is -2.51. The molecule has 3 aromatic rings. The summed E-state index contributed by atoms with van der Waals surface area (Å²) in [6.45, 7) is 5.13. The number of likely N-dealkylation sites (N-methyl/N-ethyl adjacent to an activating group) is 1. The number of amides is 2. The first kappa shape index (κ1) is 28.2. The van der Waals surface area contributed by atoms with Gasteiger partial charge in [0.25, 0.3) is 10.0 Å². The fourth-order valence-corrected chi connectivity index (χ4v) is 5.55. The second-order valence-corrected chi connectivity index (χ2v) is 11.1. The highest BCUT2D eigenvalue weighted by atomic mass is 35.5. The van der Waals surface area contributed by atoms with Crippen LogP contribution in [0.3, 0.4) is 0 Å². The van der Waals surface area contributed by atoms with Crippen LogP contribution in [0.4, 0.5) is 5.69 Å². The van der Waals surface area contributed by atoms with E-state index in [2.05, 4.69) is 5.32 Å². The summed E-state index contributed by atoms with van der Waals surface area (Å²) in [5.74, 6) is -0.829. The van der Waals surface area contributed by atoms with Crippen molar-refractivity contribution in [3.05, 3.63) is 94.5 Å². The number of sulfonamides is 1. The van der Waals surface area contributed by atoms with Gasteiger partial charge in [-0.15, -0.1) is 0 Å². The Labute approximate surface area is 224 Å². The zero-order valence-corrected chi connectivity index (χ0v) is 23.0. The third kappa shape index (κ3) is 6.70. The quantitative estimate of drug-likeness (QED) is 0.403. The number of nitrogens with zero attached hydrogens (tertiary/aromatic N) is 2. The highest BCUT2D eigenvalue weighted by Crippen LogP contribution is 2.29. The monoisotopic (exact) mass is 541 g/mol. The van der Waals surface area contributed by atoms with Gasteiger partial charge in [-0.2, -0.15) is 0 Å². The van der Waals surface area contributed by atoms with Crippen molar-refractivity contribution in [3.63, 3.8) is 0 Å². The molecule has 0 fully saturated rings. The van der Waals surface area contributed by atoms with Crippen LogP contribution in [0.25, 0.3) is 0 Å². The van der Waals surface area contributed by atoms with E-state index in [4.69, 9.17) is 11.6 Å². The third-order valence-corrected chi connectivity index (χ3v) is 8.35. The third-order valence-electron chi connectivity index (χ3n) is 6.16. The average Bonchev–Trinajstić information content (AvgIpc) is 2.89. The molecule has 0 heterocycles. The lowest BCUT2D eigenvalue weighted by Gasteiger charge is -2.33. The molecule has 0 aromatic heterocycles. The number of carbonyl (C=O) groups excluding carboxylic acids is 2. The number of hydrogen-bond acceptors (Lipinski definition) is 4. The van der Waals surface area contributed by atoms with Crippen molar-refractivity contribution in [2.75, 3.05) is 17.9 Å². The molecule has 7 nitrogen and oxygen atoms in total. The van der Waals surface area contributed by atoms with Crippen molar-refractivity contribution in [2.45, 2.75) is 44.7 Å². The molecule has 0 saturated carbocycles. The van der Waals surface area contributed by atoms with Crippen LogP contribution in [0, 0.1) is 13.8 Å². The largest absolute Gasteiger partial charge is 0.357 e. The second-order valence-electron chi connectivity index (χ2n) is 8.80. The van der Waals surface area contributed by atoms with Gasteiger partial charge in [-0.1, -0.05) is 72.6 Å². The van der Waals surface area contributed by atoms with Gasteiger partial charge in [-0.25, -0.2) is 8.42 Å². The first-order valence-corrected chi connectivity index (χ1v) is 13.8. The van der Waals surface area contributed by atoms with Crippen molar-refractivity contribution in [2.24, 2.45) is 0 Å². The van der Waals surface area contributed by atoms with E-state index in [1.54, 1.807) is 24.3 Å². The Morgan fingerprint density at radius 2 is 1.62 bits per heavy atom. The van der Waals surface area contributed by atoms with E-state index in [9.17, 15) is 18.0 Å². The maximum atomic E-state index is 13.8. The predicted octanol–water partition coefficient (Wildman–Crippen LogP) is 4.71. The number of carbonyl (C=O) groups is 2. The van der Waals surface area contributed by atoms with Crippen LogP contribution in [0.1, 0.15) is 30.0 Å². The summed E-state index contributed by atoms with van der Waals surface area (Å²) in [6, 6.07) is 19.8. The summed E-state index contributed by atoms with van der Waals surface area (Å²) in [7, 11) is -2.62. The van der Waals surface area contributed by atoms with Gasteiger partial charge in [0.15, 0.2) is 0 Å². The Hall–Kier alpha value is -3.36. The van der Waals surface area contributed by atoms with Gasteiger partial charge in [0.1, 0.15) is 12.6 Å². The average molecular weight is 542 g/mol. The van der Waals surface area contributed by atoms with Gasteiger partial charge in [0.2, 0.25) is 11.8 Å². The molecule has 2 amide bonds. The van der Waals surface area contributed by atoms with E-state index in [1.165, 1.54) is 30.1 Å². The van der Waals surface area contributed by atoms with Gasteiger partial charge in [-0.3, -0.25) is 13.9 Å². The SMILES string of the molecule is CCC(C(=O)NC)N(Cc1ccccc1)C(=O)CN(c1ccc(C)c(Cl)c1)S(=O)(=O)c1ccc(C)cc1. The lowest BCUT2D eigenvalue weighted by molar-refractivity contribution is -0.140. The van der Waals surface area contributed by atoms with Crippen LogP contribution in [-0.2, 0) is 26.2 Å². The van der Waals surface area contributed by atoms with Crippen molar-refractivity contribution in [1.29, 1.82) is 0 Å². The van der Waals surface area contributed by atoms with E-state index in [0.29, 0.717) is 11.4 Å². The van der Waals surface area contributed by atoms with Crippen molar-refractivity contribution in [3.8, 4) is 0 Å². The topological polar surface area (TPSA) is 86.8 Å². The molecule has 0 aliphatic rings. The van der Waals surface area contributed by atoms with Crippen LogP contribution >= 0.6 is 11.6 Å². The molecule has 0 spiro atoms. The summed E-state index contributed by atoms with van der Waals surface area (Å²) in [5.41, 5.74) is 2.77. The van der Waals surface area contributed by atoms with Crippen LogP contribution < -0.4 is 9.62 Å². The molecule has 0 bridgehead atoms. The molecule has 3 rings (SSSR count). The number of rotatable bonds is 10. The van der Waals surface area contributed by atoms with E-state index in [-0.39, 0.29) is 23.0 Å². The fourth-order valence-electron chi connectivity index (χ4n) is 3.97. The summed E-state index contributed by atoms with van der Waals surface area (Å²) in [4.78, 5) is 28.0. The number of hydrogen-bond donors (Lipinski definition) is 1. The van der Waals surface area contributed by atoms with E-state index >= 15 is 0 Å². The Morgan fingerprint density at radius 3 is 2.19 bits per heavy atom. The molecule has 1 N–H and O–H groups in total. The van der Waals surface area contributed by atoms with Crippen molar-refractivity contribution in [1.82, 2.24) is 10.2 Å². The highest BCUT2D eigenvalue weighted by molar-refractivity contribution is 7.92. The van der Waals surface area contributed by atoms with Crippen LogP contribution in [0.2, 0.25) is 5.02 Å².